The van der Waals surface area contributed by atoms with Crippen LogP contribution in [0.15, 0.2) is 65.8 Å². The number of aryl methyl sites for hydroxylation is 3. The number of hydrogen-bond acceptors (Lipinski definition) is 6. The van der Waals surface area contributed by atoms with Crippen molar-refractivity contribution in [2.24, 2.45) is 5.16 Å². The predicted molar refractivity (Wildman–Crippen MR) is 119 cm³/mol. The number of carbonyl (C=O) groups excluding carboxylic acids is 1. The van der Waals surface area contributed by atoms with E-state index >= 15 is 0 Å². The molecule has 0 aromatic heterocycles. The van der Waals surface area contributed by atoms with E-state index in [1.54, 1.807) is 25.3 Å². The van der Waals surface area contributed by atoms with E-state index in [1.165, 1.54) is 15.9 Å². The molecule has 0 saturated carbocycles. The number of benzene rings is 3. The van der Waals surface area contributed by atoms with Crippen molar-refractivity contribution in [2.75, 3.05) is 17.1 Å². The fourth-order valence-electron chi connectivity index (χ4n) is 4.28. The van der Waals surface area contributed by atoms with E-state index in [9.17, 15) is 4.79 Å². The summed E-state index contributed by atoms with van der Waals surface area (Å²) in [6, 6.07) is 19.0. The van der Waals surface area contributed by atoms with E-state index in [2.05, 4.69) is 38.1 Å². The number of amides is 1. The number of para-hydroxylation sites is 3. The second-order valence-corrected chi connectivity index (χ2v) is 7.64. The minimum absolute atomic E-state index is 0.277. The van der Waals surface area contributed by atoms with Crippen LogP contribution in [0.4, 0.5) is 11.4 Å². The fraction of sp³-hybridized carbons (Fsp3) is 0.167. The number of hydrazine groups is 2. The molecule has 7 nitrogen and oxygen atoms in total. The first-order chi connectivity index (χ1) is 15.0. The van der Waals surface area contributed by atoms with Crippen LogP contribution in [0, 0.1) is 20.8 Å². The van der Waals surface area contributed by atoms with Crippen LogP contribution in [-0.4, -0.2) is 24.1 Å². The number of methoxy groups -OCH3 is 1. The molecule has 0 N–H and O–H groups in total. The molecule has 1 amide bonds. The first kappa shape index (κ1) is 19.1. The zero-order valence-corrected chi connectivity index (χ0v) is 17.8. The Hall–Kier alpha value is -3.84. The van der Waals surface area contributed by atoms with Crippen molar-refractivity contribution in [3.8, 4) is 5.75 Å². The summed E-state index contributed by atoms with van der Waals surface area (Å²) in [5.74, 6) is 0.855. The van der Waals surface area contributed by atoms with Crippen LogP contribution in [0.3, 0.4) is 0 Å². The van der Waals surface area contributed by atoms with Crippen molar-refractivity contribution in [3.05, 3.63) is 88.5 Å². The second-order valence-electron chi connectivity index (χ2n) is 7.64. The van der Waals surface area contributed by atoms with E-state index in [0.29, 0.717) is 22.8 Å². The Kier molecular flexibility index (Phi) is 4.41. The van der Waals surface area contributed by atoms with E-state index in [4.69, 9.17) is 9.68 Å². The van der Waals surface area contributed by atoms with Crippen molar-refractivity contribution in [1.29, 1.82) is 0 Å². The van der Waals surface area contributed by atoms with Gasteiger partial charge in [0, 0.05) is 5.56 Å². The summed E-state index contributed by atoms with van der Waals surface area (Å²) >= 11 is 0. The molecule has 0 saturated heterocycles. The Morgan fingerprint density at radius 3 is 2.29 bits per heavy atom. The van der Waals surface area contributed by atoms with Crippen LogP contribution in [0.2, 0.25) is 0 Å². The smallest absolute Gasteiger partial charge is 0.280 e. The third-order valence-corrected chi connectivity index (χ3v) is 5.51. The van der Waals surface area contributed by atoms with Gasteiger partial charge in [-0.05, 0) is 61.3 Å². The Bertz CT molecular complexity index is 1210. The number of amidine groups is 1. The van der Waals surface area contributed by atoms with Gasteiger partial charge in [-0.1, -0.05) is 42.0 Å². The van der Waals surface area contributed by atoms with Gasteiger partial charge in [0.05, 0.1) is 29.3 Å². The Morgan fingerprint density at radius 2 is 1.58 bits per heavy atom. The molecule has 0 radical (unpaired) electrons. The molecule has 3 aromatic rings. The quantitative estimate of drug-likeness (QED) is 0.630. The minimum atomic E-state index is -0.277. The summed E-state index contributed by atoms with van der Waals surface area (Å²) in [7, 11) is 1.55. The second kappa shape index (κ2) is 7.14. The molecular weight excluding hydrogens is 392 g/mol. The highest BCUT2D eigenvalue weighted by Crippen LogP contribution is 2.44. The zero-order chi connectivity index (χ0) is 21.7. The number of oxime groups is 1. The van der Waals surface area contributed by atoms with Crippen molar-refractivity contribution < 1.29 is 14.5 Å². The summed E-state index contributed by atoms with van der Waals surface area (Å²) in [6.45, 7) is 6.18. The SMILES string of the molecule is COc1ccccc1C(=O)N1c2ccccc2N2C(c3c(C)cc(C)cc3C)=NON12. The van der Waals surface area contributed by atoms with Gasteiger partial charge in [-0.2, -0.15) is 10.0 Å². The molecule has 156 valence electrons. The van der Waals surface area contributed by atoms with Gasteiger partial charge >= 0.3 is 0 Å². The first-order valence-corrected chi connectivity index (χ1v) is 10.0. The number of carbonyl (C=O) groups is 1. The molecule has 0 unspecified atom stereocenters. The lowest BCUT2D eigenvalue weighted by atomic mass is 9.98. The van der Waals surface area contributed by atoms with Crippen molar-refractivity contribution in [1.82, 2.24) is 5.28 Å². The lowest BCUT2D eigenvalue weighted by Gasteiger charge is -2.25. The summed E-state index contributed by atoms with van der Waals surface area (Å²) < 4.78 is 5.41. The summed E-state index contributed by atoms with van der Waals surface area (Å²) in [6.07, 6.45) is 0. The predicted octanol–water partition coefficient (Wildman–Crippen LogP) is 4.53. The minimum Gasteiger partial charge on any atom is -0.496 e. The lowest BCUT2D eigenvalue weighted by molar-refractivity contribution is -0.135. The van der Waals surface area contributed by atoms with Gasteiger partial charge in [-0.15, -0.1) is 0 Å². The molecule has 0 bridgehead atoms. The van der Waals surface area contributed by atoms with Crippen LogP contribution < -0.4 is 14.8 Å². The van der Waals surface area contributed by atoms with Crippen molar-refractivity contribution in [3.63, 3.8) is 0 Å². The van der Waals surface area contributed by atoms with E-state index in [-0.39, 0.29) is 5.91 Å². The van der Waals surface area contributed by atoms with Crippen molar-refractivity contribution >= 4 is 23.1 Å². The van der Waals surface area contributed by atoms with Crippen molar-refractivity contribution in [2.45, 2.75) is 20.8 Å². The number of nitrogens with zero attached hydrogens (tertiary/aromatic N) is 4. The fourth-order valence-corrected chi connectivity index (χ4v) is 4.28. The summed E-state index contributed by atoms with van der Waals surface area (Å²) in [4.78, 5) is 19.3. The summed E-state index contributed by atoms with van der Waals surface area (Å²) in [5, 5.41) is 9.05. The normalized spacial score (nSPS) is 14.8. The molecular formula is C24H22N4O3. The van der Waals surface area contributed by atoms with Crippen LogP contribution in [0.5, 0.6) is 5.75 Å². The molecule has 31 heavy (non-hydrogen) atoms. The number of fused-ring (bicyclic) bond motifs is 3. The van der Waals surface area contributed by atoms with Gasteiger partial charge in [0.25, 0.3) is 5.91 Å². The molecule has 2 aliphatic rings. The molecule has 0 atom stereocenters. The van der Waals surface area contributed by atoms with E-state index < -0.39 is 0 Å². The van der Waals surface area contributed by atoms with Crippen LogP contribution >= 0.6 is 0 Å². The molecule has 0 fully saturated rings. The first-order valence-electron chi connectivity index (χ1n) is 10.0. The number of rotatable bonds is 3. The standard InChI is InChI=1S/C24H22N4O3/c1-15-13-16(2)22(17(3)14-15)23-25-31-28-26(23)19-10-6-7-11-20(19)27(28)24(29)18-9-5-8-12-21(18)30-4/h5-14H,1-4H3. The highest BCUT2D eigenvalue weighted by molar-refractivity contribution is 6.18. The topological polar surface area (TPSA) is 57.6 Å². The summed E-state index contributed by atoms with van der Waals surface area (Å²) in [5.41, 5.74) is 6.29. The Morgan fingerprint density at radius 1 is 0.935 bits per heavy atom. The number of ether oxygens (including phenoxy) is 1. The zero-order valence-electron chi connectivity index (χ0n) is 17.8. The molecule has 7 heteroatoms. The molecule has 5 rings (SSSR count). The highest BCUT2D eigenvalue weighted by Gasteiger charge is 2.47. The van der Waals surface area contributed by atoms with Gasteiger partial charge in [0.1, 0.15) is 5.75 Å². The number of anilines is 2. The van der Waals surface area contributed by atoms with Gasteiger partial charge < -0.3 is 4.74 Å². The maximum atomic E-state index is 13.6. The monoisotopic (exact) mass is 414 g/mol. The maximum absolute atomic E-state index is 13.6. The Labute approximate surface area is 180 Å². The van der Waals surface area contributed by atoms with Gasteiger partial charge in [0.15, 0.2) is 0 Å². The maximum Gasteiger partial charge on any atom is 0.280 e. The van der Waals surface area contributed by atoms with E-state index in [1.807, 2.05) is 35.3 Å². The van der Waals surface area contributed by atoms with Gasteiger partial charge in [-0.25, -0.2) is 0 Å². The van der Waals surface area contributed by atoms with Gasteiger partial charge in [0.2, 0.25) is 5.84 Å². The highest BCUT2D eigenvalue weighted by atomic mass is 16.9. The third kappa shape index (κ3) is 2.85. The molecule has 2 aliphatic heterocycles. The molecule has 3 aromatic carbocycles. The molecule has 0 aliphatic carbocycles. The average Bonchev–Trinajstić information content (AvgIpc) is 3.31. The third-order valence-electron chi connectivity index (χ3n) is 5.51. The number of hydrogen-bond donors (Lipinski definition) is 0. The largest absolute Gasteiger partial charge is 0.496 e. The lowest BCUT2D eigenvalue weighted by Crippen LogP contribution is -2.49. The average molecular weight is 414 g/mol. The van der Waals surface area contributed by atoms with Crippen LogP contribution in [0.25, 0.3) is 0 Å². The Balaban J connectivity index is 1.62. The van der Waals surface area contributed by atoms with E-state index in [0.717, 1.165) is 22.4 Å². The van der Waals surface area contributed by atoms with Crippen LogP contribution in [-0.2, 0) is 4.94 Å². The molecule has 0 spiro atoms. The van der Waals surface area contributed by atoms with Crippen LogP contribution in [0.1, 0.15) is 32.6 Å². The van der Waals surface area contributed by atoms with Gasteiger partial charge in [-0.3, -0.25) is 9.73 Å². The molecule has 2 heterocycles.